The van der Waals surface area contributed by atoms with Gasteiger partial charge >= 0.3 is 5.97 Å². The van der Waals surface area contributed by atoms with Crippen LogP contribution in [0.5, 0.6) is 0 Å². The number of aryl methyl sites for hydroxylation is 1. The molecule has 1 aliphatic heterocycles. The third kappa shape index (κ3) is 2.89. The Bertz CT molecular complexity index is 497. The quantitative estimate of drug-likeness (QED) is 0.827. The molecule has 1 aromatic rings. The van der Waals surface area contributed by atoms with E-state index in [1.54, 1.807) is 6.07 Å². The maximum Gasteiger partial charge on any atom is 0.337 e. The molecule has 0 bridgehead atoms. The van der Waals surface area contributed by atoms with Gasteiger partial charge in [-0.05, 0) is 50.3 Å². The summed E-state index contributed by atoms with van der Waals surface area (Å²) >= 11 is 0. The van der Waals surface area contributed by atoms with E-state index in [4.69, 9.17) is 5.73 Å². The minimum atomic E-state index is -0.948. The van der Waals surface area contributed by atoms with Gasteiger partial charge in [-0.15, -0.1) is 0 Å². The van der Waals surface area contributed by atoms with Crippen molar-refractivity contribution in [2.24, 2.45) is 0 Å². The number of rotatable bonds is 4. The van der Waals surface area contributed by atoms with Crippen molar-refractivity contribution in [3.8, 4) is 0 Å². The van der Waals surface area contributed by atoms with Crippen molar-refractivity contribution in [3.05, 3.63) is 23.3 Å². The van der Waals surface area contributed by atoms with Gasteiger partial charge in [0.15, 0.2) is 0 Å². The predicted octanol–water partition coefficient (Wildman–Crippen LogP) is 3.43. The maximum atomic E-state index is 11.3. The lowest BCUT2D eigenvalue weighted by Crippen LogP contribution is -2.39. The zero-order valence-electron chi connectivity index (χ0n) is 12.4. The molecule has 1 saturated heterocycles. The van der Waals surface area contributed by atoms with E-state index in [2.05, 4.69) is 11.8 Å². The number of hydrogen-bond donors (Lipinski definition) is 2. The second kappa shape index (κ2) is 6.16. The lowest BCUT2D eigenvalue weighted by molar-refractivity contribution is 0.0698. The second-order valence-corrected chi connectivity index (χ2v) is 5.66. The summed E-state index contributed by atoms with van der Waals surface area (Å²) in [6, 6.07) is 4.28. The van der Waals surface area contributed by atoms with Crippen LogP contribution in [0.4, 0.5) is 11.4 Å². The average molecular weight is 276 g/mol. The molecular weight excluding hydrogens is 252 g/mol. The standard InChI is InChI=1S/C16H24N2O2/c1-3-6-12-7-4-5-8-18(12)13-9-11(2)15(17)14(10-13)16(19)20/h9-10,12H,3-8,17H2,1-2H3,(H,19,20). The van der Waals surface area contributed by atoms with Crippen molar-refractivity contribution in [1.29, 1.82) is 0 Å². The smallest absolute Gasteiger partial charge is 0.337 e. The van der Waals surface area contributed by atoms with Gasteiger partial charge in [0.25, 0.3) is 0 Å². The topological polar surface area (TPSA) is 66.6 Å². The van der Waals surface area contributed by atoms with Gasteiger partial charge in [0, 0.05) is 24.0 Å². The van der Waals surface area contributed by atoms with Crippen LogP contribution >= 0.6 is 0 Å². The molecule has 20 heavy (non-hydrogen) atoms. The van der Waals surface area contributed by atoms with Crippen molar-refractivity contribution in [2.45, 2.75) is 52.0 Å². The summed E-state index contributed by atoms with van der Waals surface area (Å²) in [5, 5.41) is 9.28. The molecule has 0 radical (unpaired) electrons. The van der Waals surface area contributed by atoms with Crippen LogP contribution in [0.15, 0.2) is 12.1 Å². The van der Waals surface area contributed by atoms with E-state index in [1.165, 1.54) is 19.3 Å². The number of hydrogen-bond acceptors (Lipinski definition) is 3. The largest absolute Gasteiger partial charge is 0.478 e. The van der Waals surface area contributed by atoms with E-state index in [1.807, 2.05) is 13.0 Å². The molecule has 0 saturated carbocycles. The number of benzene rings is 1. The van der Waals surface area contributed by atoms with Gasteiger partial charge in [0.1, 0.15) is 0 Å². The van der Waals surface area contributed by atoms with Gasteiger partial charge in [0.2, 0.25) is 0 Å². The molecule has 1 fully saturated rings. The lowest BCUT2D eigenvalue weighted by Gasteiger charge is -2.38. The number of carboxylic acids is 1. The molecular formula is C16H24N2O2. The van der Waals surface area contributed by atoms with Crippen LogP contribution in [0.25, 0.3) is 0 Å². The third-order valence-corrected chi connectivity index (χ3v) is 4.18. The zero-order valence-corrected chi connectivity index (χ0v) is 12.4. The number of carboxylic acid groups (broad SMARTS) is 1. The van der Waals surface area contributed by atoms with Crippen LogP contribution in [-0.2, 0) is 0 Å². The highest BCUT2D eigenvalue weighted by Gasteiger charge is 2.23. The molecule has 0 aliphatic carbocycles. The van der Waals surface area contributed by atoms with E-state index in [9.17, 15) is 9.90 Å². The van der Waals surface area contributed by atoms with Gasteiger partial charge < -0.3 is 15.7 Å². The molecule has 1 aromatic carbocycles. The summed E-state index contributed by atoms with van der Waals surface area (Å²) in [6.07, 6.45) is 5.94. The van der Waals surface area contributed by atoms with Crippen molar-refractivity contribution >= 4 is 17.3 Å². The summed E-state index contributed by atoms with van der Waals surface area (Å²) in [7, 11) is 0. The fourth-order valence-electron chi connectivity index (χ4n) is 3.10. The van der Waals surface area contributed by atoms with Gasteiger partial charge in [-0.25, -0.2) is 4.79 Å². The van der Waals surface area contributed by atoms with Crippen LogP contribution in [0.1, 0.15) is 54.9 Å². The Morgan fingerprint density at radius 3 is 2.85 bits per heavy atom. The number of piperidine rings is 1. The summed E-state index contributed by atoms with van der Waals surface area (Å²) < 4.78 is 0. The normalized spacial score (nSPS) is 19.1. The number of nitrogens with two attached hydrogens (primary N) is 1. The summed E-state index contributed by atoms with van der Waals surface area (Å²) in [5.41, 5.74) is 8.33. The van der Waals surface area contributed by atoms with Gasteiger partial charge in [-0.2, -0.15) is 0 Å². The Morgan fingerprint density at radius 1 is 1.45 bits per heavy atom. The Balaban J connectivity index is 2.37. The molecule has 0 aromatic heterocycles. The average Bonchev–Trinajstić information content (AvgIpc) is 2.42. The van der Waals surface area contributed by atoms with E-state index in [-0.39, 0.29) is 5.56 Å². The number of anilines is 2. The van der Waals surface area contributed by atoms with E-state index < -0.39 is 5.97 Å². The third-order valence-electron chi connectivity index (χ3n) is 4.18. The van der Waals surface area contributed by atoms with Gasteiger partial charge in [0.05, 0.1) is 5.56 Å². The summed E-state index contributed by atoms with van der Waals surface area (Å²) in [5.74, 6) is -0.948. The van der Waals surface area contributed by atoms with Crippen molar-refractivity contribution < 1.29 is 9.90 Å². The summed E-state index contributed by atoms with van der Waals surface area (Å²) in [6.45, 7) is 5.08. The molecule has 0 amide bonds. The first-order valence-corrected chi connectivity index (χ1v) is 7.44. The first kappa shape index (κ1) is 14.7. The zero-order chi connectivity index (χ0) is 14.7. The van der Waals surface area contributed by atoms with Crippen molar-refractivity contribution in [3.63, 3.8) is 0 Å². The molecule has 1 aliphatic rings. The molecule has 4 heteroatoms. The number of nitrogen functional groups attached to an aromatic ring is 1. The van der Waals surface area contributed by atoms with Gasteiger partial charge in [-0.3, -0.25) is 0 Å². The predicted molar refractivity (Wildman–Crippen MR) is 82.4 cm³/mol. The first-order chi connectivity index (χ1) is 9.54. The number of nitrogens with zero attached hydrogens (tertiary/aromatic N) is 1. The highest BCUT2D eigenvalue weighted by molar-refractivity contribution is 5.95. The van der Waals surface area contributed by atoms with Crippen LogP contribution in [0, 0.1) is 6.92 Å². The van der Waals surface area contributed by atoms with Gasteiger partial charge in [-0.1, -0.05) is 13.3 Å². The second-order valence-electron chi connectivity index (χ2n) is 5.66. The van der Waals surface area contributed by atoms with E-state index in [0.29, 0.717) is 11.7 Å². The molecule has 4 nitrogen and oxygen atoms in total. The Morgan fingerprint density at radius 2 is 2.20 bits per heavy atom. The fourth-order valence-corrected chi connectivity index (χ4v) is 3.10. The molecule has 1 unspecified atom stereocenters. The van der Waals surface area contributed by atoms with Crippen LogP contribution in [0.3, 0.4) is 0 Å². The highest BCUT2D eigenvalue weighted by atomic mass is 16.4. The summed E-state index contributed by atoms with van der Waals surface area (Å²) in [4.78, 5) is 13.7. The monoisotopic (exact) mass is 276 g/mol. The molecule has 3 N–H and O–H groups in total. The Kier molecular flexibility index (Phi) is 4.53. The van der Waals surface area contributed by atoms with Crippen molar-refractivity contribution in [2.75, 3.05) is 17.2 Å². The SMILES string of the molecule is CCCC1CCCCN1c1cc(C)c(N)c(C(=O)O)c1. The maximum absolute atomic E-state index is 11.3. The van der Waals surface area contributed by atoms with E-state index >= 15 is 0 Å². The number of aromatic carboxylic acids is 1. The molecule has 1 heterocycles. The number of carbonyl (C=O) groups is 1. The minimum Gasteiger partial charge on any atom is -0.478 e. The van der Waals surface area contributed by atoms with Crippen molar-refractivity contribution in [1.82, 2.24) is 0 Å². The van der Waals surface area contributed by atoms with Crippen LogP contribution in [-0.4, -0.2) is 23.7 Å². The molecule has 0 spiro atoms. The lowest BCUT2D eigenvalue weighted by atomic mass is 9.96. The Labute approximate surface area is 120 Å². The Hall–Kier alpha value is -1.71. The first-order valence-electron chi connectivity index (χ1n) is 7.44. The van der Waals surface area contributed by atoms with Crippen LogP contribution < -0.4 is 10.6 Å². The molecule has 110 valence electrons. The minimum absolute atomic E-state index is 0.223. The molecule has 2 rings (SSSR count). The fraction of sp³-hybridized carbons (Fsp3) is 0.562. The van der Waals surface area contributed by atoms with Crippen LogP contribution in [0.2, 0.25) is 0 Å². The van der Waals surface area contributed by atoms with E-state index in [0.717, 1.165) is 30.6 Å². The molecule has 1 atom stereocenters. The highest BCUT2D eigenvalue weighted by Crippen LogP contribution is 2.31.